The van der Waals surface area contributed by atoms with Crippen molar-refractivity contribution in [3.05, 3.63) is 77.1 Å². The molecule has 1 heterocycles. The molecule has 0 radical (unpaired) electrons. The third kappa shape index (κ3) is 4.11. The van der Waals surface area contributed by atoms with Crippen LogP contribution >= 0.6 is 0 Å². The zero-order valence-electron chi connectivity index (χ0n) is 16.4. The van der Waals surface area contributed by atoms with E-state index in [4.69, 9.17) is 4.74 Å². The quantitative estimate of drug-likeness (QED) is 0.683. The number of aromatic nitrogens is 2. The van der Waals surface area contributed by atoms with E-state index in [1.54, 1.807) is 42.1 Å². The number of rotatable bonds is 5. The van der Waals surface area contributed by atoms with Crippen LogP contribution in [0.5, 0.6) is 0 Å². The van der Waals surface area contributed by atoms with Crippen molar-refractivity contribution in [2.75, 3.05) is 5.32 Å². The molecule has 1 atom stereocenters. The largest absolute Gasteiger partial charge is 0.449 e. The monoisotopic (exact) mass is 377 g/mol. The van der Waals surface area contributed by atoms with Crippen LogP contribution in [0.1, 0.15) is 34.1 Å². The number of anilines is 1. The zero-order valence-corrected chi connectivity index (χ0v) is 16.4. The van der Waals surface area contributed by atoms with Gasteiger partial charge in [-0.3, -0.25) is 4.79 Å². The Labute approximate surface area is 164 Å². The molecule has 0 aliphatic heterocycles. The maximum absolute atomic E-state index is 12.4. The summed E-state index contributed by atoms with van der Waals surface area (Å²) in [6, 6.07) is 14.6. The van der Waals surface area contributed by atoms with Gasteiger partial charge in [0.05, 0.1) is 11.3 Å². The Morgan fingerprint density at radius 1 is 1.00 bits per heavy atom. The minimum atomic E-state index is -0.917. The molecule has 28 heavy (non-hydrogen) atoms. The van der Waals surface area contributed by atoms with Gasteiger partial charge in [0.15, 0.2) is 6.10 Å². The fourth-order valence-corrected chi connectivity index (χ4v) is 2.90. The molecule has 1 N–H and O–H groups in total. The summed E-state index contributed by atoms with van der Waals surface area (Å²) in [6.45, 7) is 7.35. The Hall–Kier alpha value is -3.41. The molecule has 0 fully saturated rings. The first-order chi connectivity index (χ1) is 13.4. The molecule has 0 saturated heterocycles. The topological polar surface area (TPSA) is 73.2 Å². The molecule has 6 nitrogen and oxygen atoms in total. The van der Waals surface area contributed by atoms with Gasteiger partial charge in [0, 0.05) is 17.6 Å². The number of benzene rings is 2. The van der Waals surface area contributed by atoms with Gasteiger partial charge in [-0.15, -0.1) is 0 Å². The Bertz CT molecular complexity index is 986. The molecule has 2 aromatic carbocycles. The second-order valence-corrected chi connectivity index (χ2v) is 6.73. The highest BCUT2D eigenvalue weighted by Crippen LogP contribution is 2.20. The van der Waals surface area contributed by atoms with Crippen LogP contribution in [0.25, 0.3) is 5.69 Å². The number of ether oxygens (including phenoxy) is 1. The Balaban J connectivity index is 1.65. The molecule has 0 saturated carbocycles. The summed E-state index contributed by atoms with van der Waals surface area (Å²) in [7, 11) is 0. The predicted molar refractivity (Wildman–Crippen MR) is 108 cm³/mol. The van der Waals surface area contributed by atoms with E-state index >= 15 is 0 Å². The standard InChI is InChI=1S/C22H23N3O3/c1-14-6-5-7-15(2)20(14)24-21(26)17(4)28-22(27)18-8-10-19(11-9-18)25-16(3)12-13-23-25/h5-13,17H,1-4H3,(H,24,26)/t17-/m0/s1. The van der Waals surface area contributed by atoms with Gasteiger partial charge in [-0.25, -0.2) is 9.48 Å². The number of nitrogens with zero attached hydrogens (tertiary/aromatic N) is 2. The smallest absolute Gasteiger partial charge is 0.338 e. The van der Waals surface area contributed by atoms with Gasteiger partial charge in [-0.1, -0.05) is 18.2 Å². The van der Waals surface area contributed by atoms with Crippen molar-refractivity contribution in [2.45, 2.75) is 33.8 Å². The first kappa shape index (κ1) is 19.4. The molecule has 0 bridgehead atoms. The molecule has 0 unspecified atom stereocenters. The molecule has 0 spiro atoms. The van der Waals surface area contributed by atoms with Crippen molar-refractivity contribution >= 4 is 17.6 Å². The molecule has 3 aromatic rings. The average Bonchev–Trinajstić information content (AvgIpc) is 3.10. The Morgan fingerprint density at radius 2 is 1.64 bits per heavy atom. The minimum Gasteiger partial charge on any atom is -0.449 e. The van der Waals surface area contributed by atoms with Crippen LogP contribution in [0.2, 0.25) is 0 Å². The maximum Gasteiger partial charge on any atom is 0.338 e. The third-order valence-electron chi connectivity index (χ3n) is 4.56. The van der Waals surface area contributed by atoms with Gasteiger partial charge >= 0.3 is 5.97 Å². The summed E-state index contributed by atoms with van der Waals surface area (Å²) >= 11 is 0. The lowest BCUT2D eigenvalue weighted by molar-refractivity contribution is -0.123. The first-order valence-corrected chi connectivity index (χ1v) is 9.06. The summed E-state index contributed by atoms with van der Waals surface area (Å²) in [4.78, 5) is 24.8. The van der Waals surface area contributed by atoms with Crippen molar-refractivity contribution < 1.29 is 14.3 Å². The van der Waals surface area contributed by atoms with Crippen LogP contribution in [0.3, 0.4) is 0 Å². The Kier molecular flexibility index (Phi) is 5.59. The number of carbonyl (C=O) groups is 2. The number of amides is 1. The highest BCUT2D eigenvalue weighted by molar-refractivity contribution is 5.98. The van der Waals surface area contributed by atoms with E-state index < -0.39 is 12.1 Å². The van der Waals surface area contributed by atoms with Gasteiger partial charge < -0.3 is 10.1 Å². The van der Waals surface area contributed by atoms with Crippen LogP contribution in [-0.4, -0.2) is 27.8 Å². The van der Waals surface area contributed by atoms with Crippen LogP contribution in [0.4, 0.5) is 5.69 Å². The highest BCUT2D eigenvalue weighted by atomic mass is 16.5. The summed E-state index contributed by atoms with van der Waals surface area (Å²) in [6.07, 6.45) is 0.799. The molecule has 3 rings (SSSR count). The summed E-state index contributed by atoms with van der Waals surface area (Å²) in [5.41, 5.74) is 4.87. The van der Waals surface area contributed by atoms with Gasteiger partial charge in [0.25, 0.3) is 5.91 Å². The average molecular weight is 377 g/mol. The lowest BCUT2D eigenvalue weighted by Gasteiger charge is -2.16. The number of nitrogens with one attached hydrogen (secondary N) is 1. The summed E-state index contributed by atoms with van der Waals surface area (Å²) in [5, 5.41) is 7.07. The fourth-order valence-electron chi connectivity index (χ4n) is 2.90. The molecular formula is C22H23N3O3. The van der Waals surface area contributed by atoms with E-state index in [1.807, 2.05) is 45.0 Å². The first-order valence-electron chi connectivity index (χ1n) is 9.06. The van der Waals surface area contributed by atoms with Crippen LogP contribution in [0.15, 0.2) is 54.7 Å². The molecule has 1 aromatic heterocycles. The van der Waals surface area contributed by atoms with E-state index in [2.05, 4.69) is 10.4 Å². The lowest BCUT2D eigenvalue weighted by atomic mass is 10.1. The zero-order chi connectivity index (χ0) is 20.3. The molecule has 6 heteroatoms. The van der Waals surface area contributed by atoms with E-state index in [0.29, 0.717) is 5.56 Å². The molecule has 1 amide bonds. The van der Waals surface area contributed by atoms with Crippen LogP contribution in [-0.2, 0) is 9.53 Å². The molecular weight excluding hydrogens is 354 g/mol. The normalized spacial score (nSPS) is 11.7. The van der Waals surface area contributed by atoms with Gasteiger partial charge in [0.2, 0.25) is 0 Å². The van der Waals surface area contributed by atoms with E-state index in [9.17, 15) is 9.59 Å². The van der Waals surface area contributed by atoms with E-state index in [0.717, 1.165) is 28.2 Å². The summed E-state index contributed by atoms with van der Waals surface area (Å²) < 4.78 is 7.10. The number of para-hydroxylation sites is 1. The number of carbonyl (C=O) groups excluding carboxylic acids is 2. The van der Waals surface area contributed by atoms with Crippen LogP contribution < -0.4 is 5.32 Å². The highest BCUT2D eigenvalue weighted by Gasteiger charge is 2.20. The molecule has 0 aliphatic carbocycles. The number of hydrogen-bond acceptors (Lipinski definition) is 4. The lowest BCUT2D eigenvalue weighted by Crippen LogP contribution is -2.30. The Morgan fingerprint density at radius 3 is 2.21 bits per heavy atom. The van der Waals surface area contributed by atoms with Crippen molar-refractivity contribution in [3.8, 4) is 5.69 Å². The van der Waals surface area contributed by atoms with Crippen LogP contribution in [0, 0.1) is 20.8 Å². The van der Waals surface area contributed by atoms with Crippen molar-refractivity contribution in [1.29, 1.82) is 0 Å². The molecule has 0 aliphatic rings. The van der Waals surface area contributed by atoms with Crippen molar-refractivity contribution in [2.24, 2.45) is 0 Å². The maximum atomic E-state index is 12.4. The second kappa shape index (κ2) is 8.08. The number of hydrogen-bond donors (Lipinski definition) is 1. The predicted octanol–water partition coefficient (Wildman–Crippen LogP) is 3.98. The number of aryl methyl sites for hydroxylation is 3. The van der Waals surface area contributed by atoms with Gasteiger partial charge in [0.1, 0.15) is 0 Å². The van der Waals surface area contributed by atoms with E-state index in [1.165, 1.54) is 0 Å². The second-order valence-electron chi connectivity index (χ2n) is 6.73. The fraction of sp³-hybridized carbons (Fsp3) is 0.227. The van der Waals surface area contributed by atoms with Crippen molar-refractivity contribution in [3.63, 3.8) is 0 Å². The van der Waals surface area contributed by atoms with E-state index in [-0.39, 0.29) is 5.91 Å². The number of esters is 1. The third-order valence-corrected chi connectivity index (χ3v) is 4.56. The molecule has 144 valence electrons. The van der Waals surface area contributed by atoms with Gasteiger partial charge in [-0.05, 0) is 69.2 Å². The SMILES string of the molecule is Cc1cccc(C)c1NC(=O)[C@H](C)OC(=O)c1ccc(-n2nccc2C)cc1. The van der Waals surface area contributed by atoms with Gasteiger partial charge in [-0.2, -0.15) is 5.10 Å². The van der Waals surface area contributed by atoms with Crippen molar-refractivity contribution in [1.82, 2.24) is 9.78 Å². The summed E-state index contributed by atoms with van der Waals surface area (Å²) in [5.74, 6) is -0.914. The minimum absolute atomic E-state index is 0.366.